The molecule has 0 radical (unpaired) electrons. The summed E-state index contributed by atoms with van der Waals surface area (Å²) >= 11 is 0. The number of carbonyl (C=O) groups excluding carboxylic acids is 1. The second kappa shape index (κ2) is 6.39. The molecule has 2 unspecified atom stereocenters. The first-order valence-corrected chi connectivity index (χ1v) is 7.54. The van der Waals surface area contributed by atoms with Crippen molar-refractivity contribution in [1.82, 2.24) is 14.7 Å². The number of carbonyl (C=O) groups is 1. The van der Waals surface area contributed by atoms with Gasteiger partial charge in [0.25, 0.3) is 5.91 Å². The van der Waals surface area contributed by atoms with E-state index in [0.717, 1.165) is 37.3 Å². The van der Waals surface area contributed by atoms with E-state index in [9.17, 15) is 4.79 Å². The molecule has 112 valence electrons. The van der Waals surface area contributed by atoms with Crippen LogP contribution >= 0.6 is 0 Å². The number of nitrogens with two attached hydrogens (primary N) is 1. The van der Waals surface area contributed by atoms with Crippen LogP contribution in [-0.2, 0) is 6.54 Å². The van der Waals surface area contributed by atoms with Crippen LogP contribution < -0.4 is 5.73 Å². The quantitative estimate of drug-likeness (QED) is 0.911. The second-order valence-corrected chi connectivity index (χ2v) is 6.17. The molecule has 2 atom stereocenters. The van der Waals surface area contributed by atoms with Gasteiger partial charge in [0, 0.05) is 25.3 Å². The Kier molecular flexibility index (Phi) is 4.81. The number of aromatic nitrogens is 2. The number of aryl methyl sites for hydroxylation is 1. The van der Waals surface area contributed by atoms with E-state index >= 15 is 0 Å². The maximum atomic E-state index is 12.6. The molecule has 2 rings (SSSR count). The van der Waals surface area contributed by atoms with Crippen molar-refractivity contribution in [2.75, 3.05) is 19.6 Å². The molecular weight excluding hydrogens is 252 g/mol. The SMILES string of the molecule is Cc1c(C(=O)N2CC(C)CC(C)C2)cnn1CCCN. The molecule has 2 heterocycles. The molecule has 1 aliphatic heterocycles. The summed E-state index contributed by atoms with van der Waals surface area (Å²) in [5.74, 6) is 1.28. The third kappa shape index (κ3) is 3.20. The Bertz CT molecular complexity index is 458. The van der Waals surface area contributed by atoms with Gasteiger partial charge in [-0.2, -0.15) is 5.10 Å². The zero-order valence-corrected chi connectivity index (χ0v) is 12.8. The van der Waals surface area contributed by atoms with Crippen LogP contribution in [0.5, 0.6) is 0 Å². The van der Waals surface area contributed by atoms with Crippen molar-refractivity contribution >= 4 is 5.91 Å². The normalized spacial score (nSPS) is 23.1. The maximum Gasteiger partial charge on any atom is 0.257 e. The van der Waals surface area contributed by atoms with E-state index in [1.165, 1.54) is 6.42 Å². The van der Waals surface area contributed by atoms with Crippen LogP contribution in [0, 0.1) is 18.8 Å². The molecule has 5 heteroatoms. The highest BCUT2D eigenvalue weighted by Crippen LogP contribution is 2.23. The molecule has 1 aliphatic rings. The third-order valence-electron chi connectivity index (χ3n) is 4.06. The first-order valence-electron chi connectivity index (χ1n) is 7.54. The molecule has 1 aromatic heterocycles. The van der Waals surface area contributed by atoms with Gasteiger partial charge in [0.2, 0.25) is 0 Å². The van der Waals surface area contributed by atoms with Crippen LogP contribution in [0.3, 0.4) is 0 Å². The lowest BCUT2D eigenvalue weighted by atomic mass is 9.91. The lowest BCUT2D eigenvalue weighted by Gasteiger charge is -2.34. The van der Waals surface area contributed by atoms with Gasteiger partial charge in [-0.1, -0.05) is 13.8 Å². The molecule has 1 fully saturated rings. The molecule has 20 heavy (non-hydrogen) atoms. The van der Waals surface area contributed by atoms with E-state index in [4.69, 9.17) is 5.73 Å². The van der Waals surface area contributed by atoms with Crippen molar-refractivity contribution in [3.05, 3.63) is 17.5 Å². The Morgan fingerprint density at radius 2 is 2.05 bits per heavy atom. The minimum absolute atomic E-state index is 0.125. The minimum atomic E-state index is 0.125. The first kappa shape index (κ1) is 15.0. The predicted molar refractivity (Wildman–Crippen MR) is 79.5 cm³/mol. The molecule has 0 bridgehead atoms. The van der Waals surface area contributed by atoms with Crippen molar-refractivity contribution < 1.29 is 4.79 Å². The van der Waals surface area contributed by atoms with Gasteiger partial charge in [0.15, 0.2) is 0 Å². The van der Waals surface area contributed by atoms with E-state index in [0.29, 0.717) is 18.4 Å². The summed E-state index contributed by atoms with van der Waals surface area (Å²) in [6.07, 6.45) is 3.80. The minimum Gasteiger partial charge on any atom is -0.338 e. The molecule has 1 amide bonds. The Morgan fingerprint density at radius 3 is 2.65 bits per heavy atom. The number of rotatable bonds is 4. The Hall–Kier alpha value is -1.36. The zero-order valence-electron chi connectivity index (χ0n) is 12.8. The summed E-state index contributed by atoms with van der Waals surface area (Å²) in [4.78, 5) is 14.6. The average molecular weight is 278 g/mol. The molecule has 2 N–H and O–H groups in total. The van der Waals surface area contributed by atoms with Crippen molar-refractivity contribution in [1.29, 1.82) is 0 Å². The molecule has 0 saturated carbocycles. The third-order valence-corrected chi connectivity index (χ3v) is 4.06. The molecule has 5 nitrogen and oxygen atoms in total. The Balaban J connectivity index is 2.10. The van der Waals surface area contributed by atoms with E-state index in [-0.39, 0.29) is 5.91 Å². The lowest BCUT2D eigenvalue weighted by molar-refractivity contribution is 0.0622. The van der Waals surface area contributed by atoms with Crippen molar-refractivity contribution in [2.24, 2.45) is 17.6 Å². The highest BCUT2D eigenvalue weighted by atomic mass is 16.2. The maximum absolute atomic E-state index is 12.6. The van der Waals surface area contributed by atoms with Gasteiger partial charge in [0.1, 0.15) is 0 Å². The highest BCUT2D eigenvalue weighted by Gasteiger charge is 2.27. The summed E-state index contributed by atoms with van der Waals surface area (Å²) in [5, 5.41) is 4.32. The van der Waals surface area contributed by atoms with Gasteiger partial charge in [-0.25, -0.2) is 0 Å². The van der Waals surface area contributed by atoms with Crippen LogP contribution in [0.2, 0.25) is 0 Å². The molecule has 1 aromatic rings. The summed E-state index contributed by atoms with van der Waals surface area (Å²) in [6, 6.07) is 0. The number of hydrogen-bond acceptors (Lipinski definition) is 3. The van der Waals surface area contributed by atoms with Crippen molar-refractivity contribution in [3.63, 3.8) is 0 Å². The molecule has 1 saturated heterocycles. The highest BCUT2D eigenvalue weighted by molar-refractivity contribution is 5.95. The monoisotopic (exact) mass is 278 g/mol. The summed E-state index contributed by atoms with van der Waals surface area (Å²) in [6.45, 7) is 9.54. The Morgan fingerprint density at radius 1 is 1.40 bits per heavy atom. The standard InChI is InChI=1S/C15H26N4O/c1-11-7-12(2)10-18(9-11)15(20)14-8-17-19(13(14)3)6-4-5-16/h8,11-12H,4-7,9-10,16H2,1-3H3. The largest absolute Gasteiger partial charge is 0.338 e. The lowest BCUT2D eigenvalue weighted by Crippen LogP contribution is -2.42. The topological polar surface area (TPSA) is 64.2 Å². The first-order chi connectivity index (χ1) is 9.52. The molecule has 0 aromatic carbocycles. The van der Waals surface area contributed by atoms with Crippen LogP contribution in [0.25, 0.3) is 0 Å². The number of nitrogens with zero attached hydrogens (tertiary/aromatic N) is 3. The van der Waals surface area contributed by atoms with Crippen molar-refractivity contribution in [3.8, 4) is 0 Å². The fourth-order valence-corrected chi connectivity index (χ4v) is 3.12. The average Bonchev–Trinajstić information content (AvgIpc) is 2.75. The number of amides is 1. The summed E-state index contributed by atoms with van der Waals surface area (Å²) in [5.41, 5.74) is 7.22. The van der Waals surface area contributed by atoms with Gasteiger partial charge in [-0.3, -0.25) is 9.48 Å². The fraction of sp³-hybridized carbons (Fsp3) is 0.733. The van der Waals surface area contributed by atoms with Gasteiger partial charge in [-0.05, 0) is 38.1 Å². The van der Waals surface area contributed by atoms with Crippen LogP contribution in [0.15, 0.2) is 6.20 Å². The number of hydrogen-bond donors (Lipinski definition) is 1. The smallest absolute Gasteiger partial charge is 0.257 e. The number of piperidine rings is 1. The van der Waals surface area contributed by atoms with Gasteiger partial charge in [0.05, 0.1) is 11.8 Å². The summed E-state index contributed by atoms with van der Waals surface area (Å²) < 4.78 is 1.89. The van der Waals surface area contributed by atoms with Crippen LogP contribution in [0.1, 0.15) is 42.7 Å². The van der Waals surface area contributed by atoms with E-state index in [1.807, 2.05) is 16.5 Å². The van der Waals surface area contributed by atoms with E-state index in [2.05, 4.69) is 18.9 Å². The molecule has 0 spiro atoms. The van der Waals surface area contributed by atoms with E-state index in [1.54, 1.807) is 6.20 Å². The molecule has 0 aliphatic carbocycles. The van der Waals surface area contributed by atoms with Gasteiger partial charge in [-0.15, -0.1) is 0 Å². The van der Waals surface area contributed by atoms with Gasteiger partial charge >= 0.3 is 0 Å². The molecular formula is C15H26N4O. The zero-order chi connectivity index (χ0) is 14.7. The van der Waals surface area contributed by atoms with Crippen molar-refractivity contribution in [2.45, 2.75) is 40.2 Å². The van der Waals surface area contributed by atoms with Gasteiger partial charge < -0.3 is 10.6 Å². The second-order valence-electron chi connectivity index (χ2n) is 6.17. The fourth-order valence-electron chi connectivity index (χ4n) is 3.12. The van der Waals surface area contributed by atoms with Crippen LogP contribution in [0.4, 0.5) is 0 Å². The predicted octanol–water partition coefficient (Wildman–Crippen LogP) is 1.66. The van der Waals surface area contributed by atoms with E-state index < -0.39 is 0 Å². The number of likely N-dealkylation sites (tertiary alicyclic amines) is 1. The summed E-state index contributed by atoms with van der Waals surface area (Å²) in [7, 11) is 0. The van der Waals surface area contributed by atoms with Crippen LogP contribution in [-0.4, -0.2) is 40.2 Å². The Labute approximate surface area is 121 Å².